The van der Waals surface area contributed by atoms with Gasteiger partial charge in [0.2, 0.25) is 5.78 Å². The van der Waals surface area contributed by atoms with Gasteiger partial charge in [-0.2, -0.15) is 0 Å². The average Bonchev–Trinajstić information content (AvgIpc) is 1.77. The van der Waals surface area contributed by atoms with Gasteiger partial charge in [0.15, 0.2) is 0 Å². The normalized spacial score (nSPS) is 38.3. The summed E-state index contributed by atoms with van der Waals surface area (Å²) in [5.74, 6) is 1.09. The molecule has 0 aromatic heterocycles. The van der Waals surface area contributed by atoms with Crippen LogP contribution >= 0.6 is 0 Å². The van der Waals surface area contributed by atoms with E-state index in [9.17, 15) is 4.79 Å². The van der Waals surface area contributed by atoms with Crippen molar-refractivity contribution in [1.82, 2.24) is 0 Å². The fraction of sp³-hybridized carbons (Fsp3) is 0.778. The second-order valence-electron chi connectivity index (χ2n) is 4.01. The fourth-order valence-electron chi connectivity index (χ4n) is 2.44. The van der Waals surface area contributed by atoms with Gasteiger partial charge >= 0.3 is 0 Å². The maximum atomic E-state index is 11.1. The summed E-state index contributed by atoms with van der Waals surface area (Å²) in [5, 5.41) is 0. The Labute approximate surface area is 66.4 Å². The van der Waals surface area contributed by atoms with E-state index in [1.165, 1.54) is 19.3 Å². The Morgan fingerprint density at radius 3 is 2.55 bits per heavy atom. The Kier molecular flexibility index (Phi) is 1.29. The van der Waals surface area contributed by atoms with E-state index < -0.39 is 0 Å². The summed E-state index contributed by atoms with van der Waals surface area (Å²) >= 11 is 0. The molecule has 0 aliphatic heterocycles. The first-order valence-corrected chi connectivity index (χ1v) is 4.09. The SMILES string of the molecule is [C-]#[N+]CC(=O)CC12CC(C1)C2. The molecule has 0 amide bonds. The van der Waals surface area contributed by atoms with Crippen LogP contribution in [0.4, 0.5) is 0 Å². The minimum Gasteiger partial charge on any atom is -0.309 e. The third kappa shape index (κ3) is 0.956. The Hall–Kier alpha value is -0.840. The van der Waals surface area contributed by atoms with Crippen LogP contribution in [0.5, 0.6) is 0 Å². The molecule has 0 unspecified atom stereocenters. The lowest BCUT2D eigenvalue weighted by molar-refractivity contribution is -0.140. The van der Waals surface area contributed by atoms with Crippen molar-refractivity contribution in [2.75, 3.05) is 6.54 Å². The Bertz CT molecular complexity index is 221. The van der Waals surface area contributed by atoms with Crippen molar-refractivity contribution in [2.45, 2.75) is 25.7 Å². The van der Waals surface area contributed by atoms with Gasteiger partial charge in [-0.15, -0.1) is 0 Å². The number of hydrogen-bond donors (Lipinski definition) is 0. The molecular weight excluding hydrogens is 138 g/mol. The monoisotopic (exact) mass is 149 g/mol. The highest BCUT2D eigenvalue weighted by Crippen LogP contribution is 2.66. The van der Waals surface area contributed by atoms with Gasteiger partial charge in [0, 0.05) is 6.42 Å². The zero-order valence-corrected chi connectivity index (χ0v) is 6.47. The average molecular weight is 149 g/mol. The van der Waals surface area contributed by atoms with Crippen molar-refractivity contribution >= 4 is 5.78 Å². The van der Waals surface area contributed by atoms with Crippen LogP contribution in [-0.2, 0) is 4.79 Å². The van der Waals surface area contributed by atoms with Gasteiger partial charge in [0.1, 0.15) is 0 Å². The molecule has 0 saturated heterocycles. The molecular formula is C9H11NO. The van der Waals surface area contributed by atoms with Crippen molar-refractivity contribution < 1.29 is 4.79 Å². The second kappa shape index (κ2) is 2.07. The lowest BCUT2D eigenvalue weighted by atomic mass is 9.43. The maximum absolute atomic E-state index is 11.1. The van der Waals surface area contributed by atoms with Gasteiger partial charge in [-0.25, -0.2) is 6.57 Å². The first-order chi connectivity index (χ1) is 5.24. The lowest BCUT2D eigenvalue weighted by Gasteiger charge is -2.61. The van der Waals surface area contributed by atoms with Crippen LogP contribution in [0.25, 0.3) is 4.85 Å². The van der Waals surface area contributed by atoms with Crippen LogP contribution in [0.2, 0.25) is 0 Å². The summed E-state index contributed by atoms with van der Waals surface area (Å²) in [5.41, 5.74) is 0.395. The standard InChI is InChI=1S/C9H11NO/c1-10-6-8(11)5-9-2-7(3-9)4-9/h7H,2-6H2. The van der Waals surface area contributed by atoms with Crippen molar-refractivity contribution in [3.8, 4) is 0 Å². The van der Waals surface area contributed by atoms with E-state index in [0.717, 1.165) is 5.92 Å². The molecule has 0 aromatic carbocycles. The minimum atomic E-state index is 0.104. The first kappa shape index (κ1) is 6.84. The molecule has 11 heavy (non-hydrogen) atoms. The summed E-state index contributed by atoms with van der Waals surface area (Å²) in [4.78, 5) is 14.2. The van der Waals surface area contributed by atoms with Crippen molar-refractivity contribution in [3.05, 3.63) is 11.4 Å². The summed E-state index contributed by atoms with van der Waals surface area (Å²) in [7, 11) is 0. The quantitative estimate of drug-likeness (QED) is 0.559. The van der Waals surface area contributed by atoms with E-state index in [1.807, 2.05) is 0 Å². The topological polar surface area (TPSA) is 21.4 Å². The van der Waals surface area contributed by atoms with E-state index in [1.54, 1.807) is 0 Å². The van der Waals surface area contributed by atoms with Gasteiger partial charge in [0.05, 0.1) is 0 Å². The zero-order chi connectivity index (χ0) is 7.90. The van der Waals surface area contributed by atoms with E-state index in [2.05, 4.69) is 4.85 Å². The van der Waals surface area contributed by atoms with Gasteiger partial charge in [-0.05, 0) is 30.6 Å². The number of ketones is 1. The van der Waals surface area contributed by atoms with E-state index >= 15 is 0 Å². The first-order valence-electron chi connectivity index (χ1n) is 4.09. The van der Waals surface area contributed by atoms with Crippen LogP contribution < -0.4 is 0 Å². The van der Waals surface area contributed by atoms with Crippen molar-refractivity contribution in [3.63, 3.8) is 0 Å². The van der Waals surface area contributed by atoms with Crippen molar-refractivity contribution in [1.29, 1.82) is 0 Å². The van der Waals surface area contributed by atoms with Crippen LogP contribution in [0.3, 0.4) is 0 Å². The fourth-order valence-corrected chi connectivity index (χ4v) is 2.44. The van der Waals surface area contributed by atoms with E-state index in [-0.39, 0.29) is 12.3 Å². The minimum absolute atomic E-state index is 0.104. The molecule has 0 spiro atoms. The third-order valence-electron chi connectivity index (χ3n) is 2.99. The summed E-state index contributed by atoms with van der Waals surface area (Å²) in [6.45, 7) is 6.64. The summed E-state index contributed by atoms with van der Waals surface area (Å²) in [6, 6.07) is 0. The molecule has 0 N–H and O–H groups in total. The van der Waals surface area contributed by atoms with Crippen LogP contribution in [-0.4, -0.2) is 12.3 Å². The molecule has 0 atom stereocenters. The molecule has 58 valence electrons. The predicted molar refractivity (Wildman–Crippen MR) is 40.9 cm³/mol. The van der Waals surface area contributed by atoms with Gasteiger partial charge < -0.3 is 4.85 Å². The number of rotatable bonds is 3. The Morgan fingerprint density at radius 2 is 2.18 bits per heavy atom. The molecule has 3 fully saturated rings. The summed E-state index contributed by atoms with van der Waals surface area (Å²) in [6.07, 6.45) is 4.47. The Morgan fingerprint density at radius 1 is 1.55 bits per heavy atom. The molecule has 0 heterocycles. The Balaban J connectivity index is 1.82. The zero-order valence-electron chi connectivity index (χ0n) is 6.47. The molecule has 2 bridgehead atoms. The molecule has 3 aliphatic carbocycles. The van der Waals surface area contributed by atoms with Gasteiger partial charge in [0.25, 0.3) is 6.54 Å². The summed E-state index contributed by atoms with van der Waals surface area (Å²) < 4.78 is 0. The molecule has 0 aromatic rings. The molecule has 3 rings (SSSR count). The molecule has 0 radical (unpaired) electrons. The molecule has 3 aliphatic rings. The number of hydrogen-bond acceptors (Lipinski definition) is 1. The van der Waals surface area contributed by atoms with Gasteiger partial charge in [-0.1, -0.05) is 0 Å². The van der Waals surface area contributed by atoms with E-state index in [4.69, 9.17) is 6.57 Å². The smallest absolute Gasteiger partial charge is 0.272 e. The highest BCUT2D eigenvalue weighted by Gasteiger charge is 2.56. The molecule has 2 heteroatoms. The van der Waals surface area contributed by atoms with Crippen molar-refractivity contribution in [2.24, 2.45) is 11.3 Å². The second-order valence-corrected chi connectivity index (χ2v) is 4.01. The van der Waals surface area contributed by atoms with Crippen LogP contribution in [0.15, 0.2) is 0 Å². The van der Waals surface area contributed by atoms with E-state index in [0.29, 0.717) is 11.8 Å². The third-order valence-corrected chi connectivity index (χ3v) is 2.99. The van der Waals surface area contributed by atoms with Gasteiger partial charge in [-0.3, -0.25) is 4.79 Å². The highest BCUT2D eigenvalue weighted by molar-refractivity contribution is 5.82. The van der Waals surface area contributed by atoms with Crippen LogP contribution in [0, 0.1) is 17.9 Å². The molecule has 3 saturated carbocycles. The number of nitrogens with zero attached hydrogens (tertiary/aromatic N) is 1. The van der Waals surface area contributed by atoms with Crippen LogP contribution in [0.1, 0.15) is 25.7 Å². The number of carbonyl (C=O) groups is 1. The number of carbonyl (C=O) groups excluding carboxylic acids is 1. The number of Topliss-reactive ketones (excluding diaryl/α,β-unsaturated/α-hetero) is 1. The maximum Gasteiger partial charge on any atom is 0.272 e. The predicted octanol–water partition coefficient (Wildman–Crippen LogP) is 1.66. The highest BCUT2D eigenvalue weighted by atomic mass is 16.1. The molecule has 2 nitrogen and oxygen atoms in total. The lowest BCUT2D eigenvalue weighted by Crippen LogP contribution is -2.52. The largest absolute Gasteiger partial charge is 0.309 e.